The second-order valence-corrected chi connectivity index (χ2v) is 18.1. The predicted molar refractivity (Wildman–Crippen MR) is 256 cm³/mol. The molecule has 1 amide bonds. The molecule has 64 heavy (non-hydrogen) atoms. The lowest BCUT2D eigenvalue weighted by Crippen LogP contribution is -2.70. The largest absolute Gasteiger partial charge is 0.459 e. The average Bonchev–Trinajstić information content (AvgIpc) is 3.31. The molecule has 0 bridgehead atoms. The molecule has 350 valence electrons. The van der Waals surface area contributed by atoms with Crippen molar-refractivity contribution in [1.29, 1.82) is 0 Å². The normalized spacial score (nSPS) is 22.9. The summed E-state index contributed by atoms with van der Waals surface area (Å²) in [6.07, 6.45) is 21.6. The van der Waals surface area contributed by atoms with Crippen molar-refractivity contribution < 1.29 is 38.8 Å². The number of aliphatic hydroxyl groups excluding tert-OH is 2. The zero-order valence-electron chi connectivity index (χ0n) is 39.0. The lowest BCUT2D eigenvalue weighted by Gasteiger charge is -2.59. The van der Waals surface area contributed by atoms with Gasteiger partial charge in [-0.25, -0.2) is 4.79 Å². The molecule has 2 N–H and O–H groups in total. The van der Waals surface area contributed by atoms with Crippen LogP contribution in [0.15, 0.2) is 90.1 Å². The molecule has 2 aliphatic carbocycles. The highest BCUT2D eigenvalue weighted by Crippen LogP contribution is 2.62. The number of fused-ring (bicyclic) bond motifs is 3. The second kappa shape index (κ2) is 25.4. The van der Waals surface area contributed by atoms with Crippen LogP contribution in [0.5, 0.6) is 17.2 Å². The van der Waals surface area contributed by atoms with Crippen LogP contribution in [0.4, 0.5) is 4.79 Å². The van der Waals surface area contributed by atoms with Crippen molar-refractivity contribution in [2.45, 2.75) is 147 Å². The number of hydrogen-bond acceptors (Lipinski definition) is 9. The minimum absolute atomic E-state index is 0.106. The molecule has 3 aromatic rings. The smallest absolute Gasteiger partial charge is 0.410 e. The number of carbonyl (C=O) groups is 1. The highest BCUT2D eigenvalue weighted by Gasteiger charge is 2.65. The standard InChI is InChI=1S/C54H76N2O8/c1-5-8-9-10-11-12-13-14-15-22-35-61-53(59)56(31-6-2)50-39-48(55-60-4)46-37-42(25-18-20-32-57)45(26-19-21-33-58)51-47-38-44(63-43-28-27-40-23-16-17-24-41(40)36-43)29-30-49(47)64-54(50,52(46)51)62-34-7-3/h7,16-17,23-24,27-30,36-38,42,45,50-52,57-58H,3,5-6,8-15,18-22,25-26,31-35,39H2,1-2,4H3/t42-,45+,50-,51+,52+,54+/m0/s1. The Labute approximate surface area is 383 Å². The third-order valence-corrected chi connectivity index (χ3v) is 13.6. The number of ether oxygens (including phenoxy) is 4. The van der Waals surface area contributed by atoms with E-state index >= 15 is 0 Å². The maximum atomic E-state index is 14.5. The van der Waals surface area contributed by atoms with Crippen LogP contribution in [0, 0.1) is 17.8 Å². The third-order valence-electron chi connectivity index (χ3n) is 13.6. The van der Waals surface area contributed by atoms with Gasteiger partial charge in [-0.2, -0.15) is 0 Å². The summed E-state index contributed by atoms with van der Waals surface area (Å²) < 4.78 is 27.2. The molecule has 1 aliphatic heterocycles. The fourth-order valence-corrected chi connectivity index (χ4v) is 10.6. The van der Waals surface area contributed by atoms with Gasteiger partial charge in [0.15, 0.2) is 0 Å². The predicted octanol–water partition coefficient (Wildman–Crippen LogP) is 12.7. The molecule has 0 unspecified atom stereocenters. The number of carbonyl (C=O) groups excluding carboxylic acids is 1. The Morgan fingerprint density at radius 1 is 0.844 bits per heavy atom. The van der Waals surface area contributed by atoms with E-state index in [1.54, 1.807) is 13.2 Å². The van der Waals surface area contributed by atoms with Crippen molar-refractivity contribution in [2.75, 3.05) is 40.1 Å². The third kappa shape index (κ3) is 12.1. The van der Waals surface area contributed by atoms with Crippen LogP contribution in [-0.4, -0.2) is 78.8 Å². The quantitative estimate of drug-likeness (QED) is 0.0420. The van der Waals surface area contributed by atoms with Gasteiger partial charge in [-0.05, 0) is 97.0 Å². The number of allylic oxidation sites excluding steroid dienone is 1. The van der Waals surface area contributed by atoms with Gasteiger partial charge in [0, 0.05) is 37.7 Å². The Balaban J connectivity index is 1.38. The molecule has 0 spiro atoms. The van der Waals surface area contributed by atoms with Crippen molar-refractivity contribution in [3.05, 3.63) is 90.5 Å². The monoisotopic (exact) mass is 881 g/mol. The molecule has 1 fully saturated rings. The molecule has 1 heterocycles. The lowest BCUT2D eigenvalue weighted by molar-refractivity contribution is -0.255. The fourth-order valence-electron chi connectivity index (χ4n) is 10.6. The number of oxime groups is 1. The van der Waals surface area contributed by atoms with Gasteiger partial charge in [-0.15, -0.1) is 6.58 Å². The highest BCUT2D eigenvalue weighted by atomic mass is 16.7. The fraction of sp³-hybridized carbons (Fsp3) is 0.593. The molecule has 10 heteroatoms. The number of aliphatic hydroxyl groups is 2. The lowest BCUT2D eigenvalue weighted by atomic mass is 9.55. The first kappa shape index (κ1) is 49.1. The van der Waals surface area contributed by atoms with Crippen molar-refractivity contribution in [3.63, 3.8) is 0 Å². The first-order chi connectivity index (χ1) is 31.4. The zero-order valence-corrected chi connectivity index (χ0v) is 39.0. The zero-order chi connectivity index (χ0) is 45.2. The summed E-state index contributed by atoms with van der Waals surface area (Å²) in [7, 11) is 1.57. The molecule has 0 radical (unpaired) electrons. The Bertz CT molecular complexity index is 1980. The van der Waals surface area contributed by atoms with Crippen molar-refractivity contribution >= 4 is 22.6 Å². The van der Waals surface area contributed by atoms with E-state index in [1.807, 2.05) is 35.2 Å². The van der Waals surface area contributed by atoms with Crippen molar-refractivity contribution in [1.82, 2.24) is 4.90 Å². The molecule has 6 rings (SSSR count). The van der Waals surface area contributed by atoms with Crippen LogP contribution in [0.1, 0.15) is 141 Å². The summed E-state index contributed by atoms with van der Waals surface area (Å²) in [4.78, 5) is 22.0. The van der Waals surface area contributed by atoms with Crippen LogP contribution < -0.4 is 9.47 Å². The van der Waals surface area contributed by atoms with Crippen LogP contribution >= 0.6 is 0 Å². The number of amides is 1. The molecule has 1 saturated carbocycles. The van der Waals surface area contributed by atoms with Gasteiger partial charge in [-0.1, -0.05) is 132 Å². The molecular weight excluding hydrogens is 805 g/mol. The maximum Gasteiger partial charge on any atom is 0.410 e. The molecule has 6 atom stereocenters. The van der Waals surface area contributed by atoms with Gasteiger partial charge < -0.3 is 34.0 Å². The number of unbranched alkanes of at least 4 members (excludes halogenated alkanes) is 11. The number of hydrogen-bond donors (Lipinski definition) is 2. The van der Waals surface area contributed by atoms with E-state index in [2.05, 4.69) is 56.8 Å². The van der Waals surface area contributed by atoms with E-state index < -0.39 is 17.7 Å². The van der Waals surface area contributed by atoms with E-state index in [9.17, 15) is 15.0 Å². The summed E-state index contributed by atoms with van der Waals surface area (Å²) >= 11 is 0. The summed E-state index contributed by atoms with van der Waals surface area (Å²) in [6.45, 7) is 9.63. The van der Waals surface area contributed by atoms with Gasteiger partial charge in [0.2, 0.25) is 5.79 Å². The van der Waals surface area contributed by atoms with E-state index in [0.717, 1.165) is 78.3 Å². The summed E-state index contributed by atoms with van der Waals surface area (Å²) in [5, 5.41) is 26.8. The van der Waals surface area contributed by atoms with Crippen LogP contribution in [-0.2, 0) is 14.3 Å². The van der Waals surface area contributed by atoms with Crippen LogP contribution in [0.25, 0.3) is 10.8 Å². The SMILES string of the molecule is C=CCO[C@@]12Oc3ccc(Oc4ccc5ccccc5c4)cc3[C@H]3[C@H](CCCCO)[C@@H](CCCCO)C=C(C(=NOC)C[C@@H]1N(CCC)C(=O)OCCCCCCCCCCCC)[C@H]32. The van der Waals surface area contributed by atoms with Crippen LogP contribution in [0.3, 0.4) is 0 Å². The highest BCUT2D eigenvalue weighted by molar-refractivity contribution is 6.03. The van der Waals surface area contributed by atoms with E-state index in [1.165, 1.54) is 44.9 Å². The Kier molecular flexibility index (Phi) is 19.4. The summed E-state index contributed by atoms with van der Waals surface area (Å²) in [5.41, 5.74) is 2.78. The number of benzene rings is 3. The van der Waals surface area contributed by atoms with Crippen LogP contribution in [0.2, 0.25) is 0 Å². The van der Waals surface area contributed by atoms with Gasteiger partial charge in [0.1, 0.15) is 30.4 Å². The summed E-state index contributed by atoms with van der Waals surface area (Å²) in [6, 6.07) is 19.8. The van der Waals surface area contributed by atoms with Gasteiger partial charge in [0.05, 0.1) is 24.8 Å². The number of rotatable bonds is 28. The molecule has 10 nitrogen and oxygen atoms in total. The molecule has 3 aliphatic rings. The van der Waals surface area contributed by atoms with Gasteiger partial charge in [-0.3, -0.25) is 4.90 Å². The molecular formula is C54H76N2O8. The van der Waals surface area contributed by atoms with Gasteiger partial charge in [0.25, 0.3) is 0 Å². The van der Waals surface area contributed by atoms with Gasteiger partial charge >= 0.3 is 6.09 Å². The Hall–Kier alpha value is -4.38. The minimum Gasteiger partial charge on any atom is -0.459 e. The maximum absolute atomic E-state index is 14.5. The molecule has 0 aromatic heterocycles. The minimum atomic E-state index is -1.33. The Morgan fingerprint density at radius 2 is 1.53 bits per heavy atom. The first-order valence-corrected chi connectivity index (χ1v) is 24.6. The van der Waals surface area contributed by atoms with E-state index in [4.69, 9.17) is 28.9 Å². The van der Waals surface area contributed by atoms with Crippen molar-refractivity contribution in [3.8, 4) is 17.2 Å². The van der Waals surface area contributed by atoms with Crippen molar-refractivity contribution in [2.24, 2.45) is 22.9 Å². The van der Waals surface area contributed by atoms with E-state index in [-0.39, 0.29) is 43.7 Å². The molecule has 0 saturated heterocycles. The topological polar surface area (TPSA) is 119 Å². The Morgan fingerprint density at radius 3 is 2.23 bits per heavy atom. The average molecular weight is 881 g/mol. The molecule has 3 aromatic carbocycles. The number of nitrogens with zero attached hydrogens (tertiary/aromatic N) is 2. The first-order valence-electron chi connectivity index (χ1n) is 24.6. The van der Waals surface area contributed by atoms with E-state index in [0.29, 0.717) is 50.3 Å². The second-order valence-electron chi connectivity index (χ2n) is 18.1. The summed E-state index contributed by atoms with van der Waals surface area (Å²) in [5.74, 6) is 0.478.